The maximum Gasteiger partial charge on any atom is 0.231 e. The summed E-state index contributed by atoms with van der Waals surface area (Å²) >= 11 is 4.86. The standard InChI is InChI=1S/C17H17N3O2S/c1-8-4-10(3)15-13(5-8)20-16(22-15)12-7-11(19-17(18)23)6-9(2)14(12)21/h4-7,21H,1-3H3,(H3,18,19,23). The van der Waals surface area contributed by atoms with Crippen LogP contribution in [0.1, 0.15) is 16.7 Å². The molecule has 0 saturated heterocycles. The second kappa shape index (κ2) is 5.55. The molecule has 0 atom stereocenters. The Morgan fingerprint density at radius 2 is 1.91 bits per heavy atom. The van der Waals surface area contributed by atoms with Gasteiger partial charge in [-0.05, 0) is 67.9 Å². The van der Waals surface area contributed by atoms with E-state index in [0.29, 0.717) is 22.7 Å². The van der Waals surface area contributed by atoms with Gasteiger partial charge in [0.15, 0.2) is 10.7 Å². The summed E-state index contributed by atoms with van der Waals surface area (Å²) in [7, 11) is 0. The topological polar surface area (TPSA) is 84.3 Å². The number of nitrogens with two attached hydrogens (primary N) is 1. The molecule has 6 heteroatoms. The number of fused-ring (bicyclic) bond motifs is 1. The van der Waals surface area contributed by atoms with Crippen molar-refractivity contribution in [1.82, 2.24) is 4.98 Å². The van der Waals surface area contributed by atoms with Crippen LogP contribution < -0.4 is 11.1 Å². The van der Waals surface area contributed by atoms with E-state index in [1.165, 1.54) is 0 Å². The minimum Gasteiger partial charge on any atom is -0.507 e. The Kier molecular flexibility index (Phi) is 3.69. The number of oxazole rings is 1. The van der Waals surface area contributed by atoms with Crippen molar-refractivity contribution in [2.75, 3.05) is 5.32 Å². The first-order valence-electron chi connectivity index (χ1n) is 7.13. The Morgan fingerprint density at radius 1 is 1.17 bits per heavy atom. The van der Waals surface area contributed by atoms with Gasteiger partial charge in [-0.15, -0.1) is 0 Å². The number of thiocarbonyl (C=S) groups is 1. The van der Waals surface area contributed by atoms with Gasteiger partial charge in [-0.25, -0.2) is 4.98 Å². The summed E-state index contributed by atoms with van der Waals surface area (Å²) in [5.74, 6) is 0.486. The normalized spacial score (nSPS) is 10.9. The zero-order valence-electron chi connectivity index (χ0n) is 13.1. The number of benzene rings is 2. The fourth-order valence-electron chi connectivity index (χ4n) is 2.65. The third kappa shape index (κ3) is 2.85. The first kappa shape index (κ1) is 15.3. The highest BCUT2D eigenvalue weighted by atomic mass is 32.1. The summed E-state index contributed by atoms with van der Waals surface area (Å²) in [6, 6.07) is 7.47. The van der Waals surface area contributed by atoms with E-state index in [0.717, 1.165) is 22.2 Å². The van der Waals surface area contributed by atoms with Crippen molar-refractivity contribution in [2.45, 2.75) is 20.8 Å². The highest BCUT2D eigenvalue weighted by Crippen LogP contribution is 2.36. The molecule has 0 spiro atoms. The fraction of sp³-hybridized carbons (Fsp3) is 0.176. The maximum absolute atomic E-state index is 10.4. The van der Waals surface area contributed by atoms with Gasteiger partial charge in [-0.3, -0.25) is 0 Å². The van der Waals surface area contributed by atoms with Gasteiger partial charge < -0.3 is 20.6 Å². The summed E-state index contributed by atoms with van der Waals surface area (Å²) in [4.78, 5) is 4.51. The summed E-state index contributed by atoms with van der Waals surface area (Å²) in [5, 5.41) is 13.4. The number of aromatic hydroxyl groups is 1. The smallest absolute Gasteiger partial charge is 0.231 e. The minimum atomic E-state index is 0.124. The van der Waals surface area contributed by atoms with E-state index in [1.807, 2.05) is 26.0 Å². The molecule has 0 saturated carbocycles. The van der Waals surface area contributed by atoms with Crippen molar-refractivity contribution in [2.24, 2.45) is 5.73 Å². The number of hydrogen-bond acceptors (Lipinski definition) is 4. The third-order valence-corrected chi connectivity index (χ3v) is 3.72. The van der Waals surface area contributed by atoms with Crippen LogP contribution in [0.15, 0.2) is 28.7 Å². The van der Waals surface area contributed by atoms with Gasteiger partial charge >= 0.3 is 0 Å². The van der Waals surface area contributed by atoms with Crippen molar-refractivity contribution in [3.63, 3.8) is 0 Å². The van der Waals surface area contributed by atoms with E-state index < -0.39 is 0 Å². The SMILES string of the molecule is Cc1cc(C)c2oc(-c3cc(NC(N)=S)cc(C)c3O)nc2c1. The molecule has 0 bridgehead atoms. The van der Waals surface area contributed by atoms with E-state index in [9.17, 15) is 5.11 Å². The van der Waals surface area contributed by atoms with Crippen LogP contribution in [-0.4, -0.2) is 15.2 Å². The number of nitrogens with one attached hydrogen (secondary N) is 1. The molecule has 3 aromatic rings. The van der Waals surface area contributed by atoms with E-state index >= 15 is 0 Å². The van der Waals surface area contributed by atoms with Crippen LogP contribution in [0.2, 0.25) is 0 Å². The first-order chi connectivity index (χ1) is 10.8. The summed E-state index contributed by atoms with van der Waals surface area (Å²) in [5.41, 5.74) is 11.0. The van der Waals surface area contributed by atoms with Crippen LogP contribution in [0.5, 0.6) is 5.75 Å². The van der Waals surface area contributed by atoms with Gasteiger partial charge in [0.05, 0.1) is 5.56 Å². The van der Waals surface area contributed by atoms with E-state index in [1.54, 1.807) is 19.1 Å². The molecule has 0 amide bonds. The van der Waals surface area contributed by atoms with Crippen molar-refractivity contribution in [3.05, 3.63) is 41.0 Å². The number of aryl methyl sites for hydroxylation is 3. The van der Waals surface area contributed by atoms with Crippen molar-refractivity contribution < 1.29 is 9.52 Å². The van der Waals surface area contributed by atoms with Crippen LogP contribution in [0.25, 0.3) is 22.6 Å². The molecule has 0 fully saturated rings. The lowest BCUT2D eigenvalue weighted by Crippen LogP contribution is -2.18. The van der Waals surface area contributed by atoms with E-state index in [-0.39, 0.29) is 10.9 Å². The van der Waals surface area contributed by atoms with Crippen LogP contribution in [-0.2, 0) is 0 Å². The molecular weight excluding hydrogens is 310 g/mol. The fourth-order valence-corrected chi connectivity index (χ4v) is 2.77. The summed E-state index contributed by atoms with van der Waals surface area (Å²) in [6.45, 7) is 5.77. The lowest BCUT2D eigenvalue weighted by molar-refractivity contribution is 0.470. The molecule has 0 aliphatic heterocycles. The predicted molar refractivity (Wildman–Crippen MR) is 95.7 cm³/mol. The van der Waals surface area contributed by atoms with Gasteiger partial charge in [0.25, 0.3) is 0 Å². The molecule has 1 aromatic heterocycles. The second-order valence-electron chi connectivity index (χ2n) is 5.63. The summed E-state index contributed by atoms with van der Waals surface area (Å²) in [6.07, 6.45) is 0. The Balaban J connectivity index is 2.19. The van der Waals surface area contributed by atoms with Gasteiger partial charge in [-0.1, -0.05) is 6.07 Å². The van der Waals surface area contributed by atoms with Gasteiger partial charge in [0, 0.05) is 5.69 Å². The zero-order chi connectivity index (χ0) is 16.7. The number of aromatic nitrogens is 1. The second-order valence-corrected chi connectivity index (χ2v) is 6.07. The molecule has 0 unspecified atom stereocenters. The van der Waals surface area contributed by atoms with Crippen LogP contribution in [0.4, 0.5) is 5.69 Å². The largest absolute Gasteiger partial charge is 0.507 e. The predicted octanol–water partition coefficient (Wildman–Crippen LogP) is 3.78. The number of phenolic OH excluding ortho intramolecular Hbond substituents is 1. The Morgan fingerprint density at radius 3 is 2.61 bits per heavy atom. The number of rotatable bonds is 2. The molecule has 0 radical (unpaired) electrons. The highest BCUT2D eigenvalue weighted by molar-refractivity contribution is 7.80. The first-order valence-corrected chi connectivity index (χ1v) is 7.54. The Hall–Kier alpha value is -2.60. The molecule has 3 rings (SSSR count). The van der Waals surface area contributed by atoms with Crippen LogP contribution in [0.3, 0.4) is 0 Å². The Bertz CT molecular complexity index is 931. The lowest BCUT2D eigenvalue weighted by Gasteiger charge is -2.09. The average molecular weight is 327 g/mol. The third-order valence-electron chi connectivity index (χ3n) is 3.62. The molecule has 23 heavy (non-hydrogen) atoms. The number of phenols is 1. The molecular formula is C17H17N3O2S. The average Bonchev–Trinajstić information content (AvgIpc) is 2.85. The molecule has 0 aliphatic carbocycles. The molecule has 118 valence electrons. The quantitative estimate of drug-likeness (QED) is 0.491. The number of nitrogens with zero attached hydrogens (tertiary/aromatic N) is 1. The summed E-state index contributed by atoms with van der Waals surface area (Å²) < 4.78 is 5.87. The minimum absolute atomic E-state index is 0.124. The molecule has 5 nitrogen and oxygen atoms in total. The van der Waals surface area contributed by atoms with Gasteiger partial charge in [0.2, 0.25) is 5.89 Å². The van der Waals surface area contributed by atoms with Gasteiger partial charge in [-0.2, -0.15) is 0 Å². The molecule has 1 heterocycles. The maximum atomic E-state index is 10.4. The Labute approximate surface area is 139 Å². The van der Waals surface area contributed by atoms with Crippen molar-refractivity contribution in [3.8, 4) is 17.2 Å². The van der Waals surface area contributed by atoms with Crippen molar-refractivity contribution >= 4 is 34.1 Å². The van der Waals surface area contributed by atoms with Crippen LogP contribution >= 0.6 is 12.2 Å². The van der Waals surface area contributed by atoms with Crippen molar-refractivity contribution in [1.29, 1.82) is 0 Å². The molecule has 0 aliphatic rings. The molecule has 4 N–H and O–H groups in total. The number of hydrogen-bond donors (Lipinski definition) is 3. The van der Waals surface area contributed by atoms with E-state index in [2.05, 4.69) is 10.3 Å². The van der Waals surface area contributed by atoms with Crippen LogP contribution in [0, 0.1) is 20.8 Å². The monoisotopic (exact) mass is 327 g/mol. The zero-order valence-corrected chi connectivity index (χ0v) is 13.9. The lowest BCUT2D eigenvalue weighted by atomic mass is 10.1. The van der Waals surface area contributed by atoms with Gasteiger partial charge in [0.1, 0.15) is 11.3 Å². The molecule has 2 aromatic carbocycles. The number of anilines is 1. The highest BCUT2D eigenvalue weighted by Gasteiger charge is 2.16. The van der Waals surface area contributed by atoms with E-state index in [4.69, 9.17) is 22.4 Å².